The van der Waals surface area contributed by atoms with E-state index in [1.54, 1.807) is 57.6 Å². The van der Waals surface area contributed by atoms with Crippen molar-refractivity contribution in [1.82, 2.24) is 65.7 Å². The number of aryl methyl sites for hydroxylation is 2. The number of para-hydroxylation sites is 1. The van der Waals surface area contributed by atoms with Crippen molar-refractivity contribution in [1.29, 1.82) is 0 Å². The molecule has 24 heteroatoms. The van der Waals surface area contributed by atoms with Gasteiger partial charge in [-0.3, -0.25) is 29.2 Å². The number of aromatic amines is 1. The first-order valence-electron chi connectivity index (χ1n) is 27.1. The fourth-order valence-electron chi connectivity index (χ4n) is 10.3. The number of fused-ring (bicyclic) bond motifs is 1. The number of nitrogens with one attached hydrogen (secondary N) is 6. The number of sulfone groups is 1. The van der Waals surface area contributed by atoms with Crippen molar-refractivity contribution in [3.05, 3.63) is 89.8 Å². The Morgan fingerprint density at radius 1 is 0.899 bits per heavy atom. The average Bonchev–Trinajstić information content (AvgIpc) is 4.28. The van der Waals surface area contributed by atoms with E-state index in [1.807, 2.05) is 56.0 Å². The third-order valence-electron chi connectivity index (χ3n) is 15.3. The van der Waals surface area contributed by atoms with Gasteiger partial charge in [0.2, 0.25) is 23.7 Å². The zero-order valence-electron chi connectivity index (χ0n) is 46.2. The Bertz CT molecular complexity index is 3280. The summed E-state index contributed by atoms with van der Waals surface area (Å²) in [6.07, 6.45) is 8.91. The summed E-state index contributed by atoms with van der Waals surface area (Å²) in [7, 11) is -2.19. The highest BCUT2D eigenvalue weighted by atomic mass is 32.2. The number of hydrogen-bond acceptors (Lipinski definition) is 17. The van der Waals surface area contributed by atoms with Gasteiger partial charge >= 0.3 is 0 Å². The van der Waals surface area contributed by atoms with E-state index < -0.39 is 50.6 Å². The number of anilines is 4. The van der Waals surface area contributed by atoms with Gasteiger partial charge in [-0.25, -0.2) is 33.0 Å². The molecule has 3 aliphatic rings. The number of piperazine rings is 1. The first kappa shape index (κ1) is 56.2. The molecule has 1 aliphatic carbocycles. The quantitative estimate of drug-likeness (QED) is 0.0675. The Hall–Kier alpha value is -7.57. The van der Waals surface area contributed by atoms with Gasteiger partial charge in [0.25, 0.3) is 5.91 Å². The van der Waals surface area contributed by atoms with E-state index in [1.165, 1.54) is 23.6 Å². The minimum Gasteiger partial charge on any atom is -0.491 e. The first-order chi connectivity index (χ1) is 37.8. The fourth-order valence-corrected chi connectivity index (χ4v) is 11.6. The number of H-pyrrole nitrogens is 1. The van der Waals surface area contributed by atoms with E-state index in [0.717, 1.165) is 49.0 Å². The number of likely N-dealkylation sites (tertiary alicyclic amines) is 1. The second-order valence-electron chi connectivity index (χ2n) is 21.8. The standard InChI is InChI=1S/C55H72N16O7S/c1-33-25-46(71(67-33)40-17-13-10-14-18-40)62-52(74)43-26-39(31-70(43)53(75)47(37-15-11-9-12-16-37)63-50(72)36(4)56-8)61-51(73)38-29-57-54(58-30-38)69-21-19-68(20-22-69)23-24-78-44-28-42-41(27-45(44)79(76,77)55(5,6)7)49(60-32-59-42)64-48-34(2)35(3)65-66-48/h10,13-14,17-18,25,27-30,32,36-37,39,43,47,56H,9,11-12,15-16,19-24,26,31H2,1-8H3,(H,61,73)(H,62,74)(H,63,72)(H2,59,60,64,65,66)/t36-,39-,43-,47-/m0/s1. The zero-order chi connectivity index (χ0) is 56.2. The van der Waals surface area contributed by atoms with Crippen LogP contribution in [0.3, 0.4) is 0 Å². The second-order valence-corrected chi connectivity index (χ2v) is 24.4. The molecule has 2 aromatic carbocycles. The van der Waals surface area contributed by atoms with Crippen molar-refractivity contribution in [3.63, 3.8) is 0 Å². The van der Waals surface area contributed by atoms with Crippen LogP contribution in [-0.2, 0) is 24.2 Å². The summed E-state index contributed by atoms with van der Waals surface area (Å²) in [4.78, 5) is 80.5. The highest BCUT2D eigenvalue weighted by Crippen LogP contribution is 2.38. The molecule has 0 spiro atoms. The number of rotatable bonds is 18. The summed E-state index contributed by atoms with van der Waals surface area (Å²) in [6, 6.07) is 11.4. The summed E-state index contributed by atoms with van der Waals surface area (Å²) in [5.74, 6) is 0.397. The topological polar surface area (TPSA) is 280 Å². The zero-order valence-corrected chi connectivity index (χ0v) is 47.0. The van der Waals surface area contributed by atoms with Crippen LogP contribution < -0.4 is 36.2 Å². The van der Waals surface area contributed by atoms with E-state index in [0.29, 0.717) is 72.7 Å². The van der Waals surface area contributed by atoms with E-state index in [-0.39, 0.29) is 53.5 Å². The highest BCUT2D eigenvalue weighted by Gasteiger charge is 2.45. The molecule has 6 N–H and O–H groups in total. The van der Waals surface area contributed by atoms with Gasteiger partial charge < -0.3 is 41.1 Å². The van der Waals surface area contributed by atoms with Crippen LogP contribution in [-0.4, -0.2) is 164 Å². The minimum atomic E-state index is -3.88. The molecule has 9 rings (SSSR count). The average molecular weight is 1100 g/mol. The molecule has 4 atom stereocenters. The van der Waals surface area contributed by atoms with Crippen LogP contribution in [0.15, 0.2) is 72.1 Å². The Morgan fingerprint density at radius 2 is 1.62 bits per heavy atom. The summed E-state index contributed by atoms with van der Waals surface area (Å²) in [5.41, 5.74) is 3.95. The van der Waals surface area contributed by atoms with Crippen LogP contribution in [0.2, 0.25) is 0 Å². The van der Waals surface area contributed by atoms with Crippen LogP contribution in [0.5, 0.6) is 5.75 Å². The normalized spacial score (nSPS) is 18.3. The number of aromatic nitrogens is 8. The van der Waals surface area contributed by atoms with Crippen LogP contribution in [0.1, 0.15) is 93.5 Å². The lowest BCUT2D eigenvalue weighted by Crippen LogP contribution is -2.57. The van der Waals surface area contributed by atoms with E-state index in [4.69, 9.17) is 4.74 Å². The SMILES string of the molecule is CN[C@@H](C)C(=O)N[C@H](C(=O)N1C[C@@H](NC(=O)c2cnc(N3CCN(CCOc4cc5ncnc(Nc6n[nH]c(C)c6C)c5cc4S(=O)(=O)C(C)(C)C)CC3)nc2)C[C@H]1C(=O)Nc1cc(C)nn1-c1ccccc1)C1CCCCC1. The largest absolute Gasteiger partial charge is 0.491 e. The summed E-state index contributed by atoms with van der Waals surface area (Å²) in [5, 5.41) is 27.7. The van der Waals surface area contributed by atoms with Gasteiger partial charge in [-0.15, -0.1) is 0 Å². The number of nitrogens with zero attached hydrogens (tertiary/aromatic N) is 10. The van der Waals surface area contributed by atoms with Gasteiger partial charge in [-0.05, 0) is 98.9 Å². The predicted molar refractivity (Wildman–Crippen MR) is 299 cm³/mol. The molecule has 6 heterocycles. The third-order valence-corrected chi connectivity index (χ3v) is 17.8. The van der Waals surface area contributed by atoms with Crippen molar-refractivity contribution in [2.24, 2.45) is 5.92 Å². The van der Waals surface area contributed by atoms with Crippen LogP contribution >= 0.6 is 0 Å². The van der Waals surface area contributed by atoms with Gasteiger partial charge in [-0.2, -0.15) is 10.2 Å². The lowest BCUT2D eigenvalue weighted by molar-refractivity contribution is -0.142. The first-order valence-corrected chi connectivity index (χ1v) is 28.5. The lowest BCUT2D eigenvalue weighted by Gasteiger charge is -2.35. The number of likely N-dealkylation sites (N-methyl/N-ethyl adjacent to an activating group) is 1. The molecule has 4 amide bonds. The summed E-state index contributed by atoms with van der Waals surface area (Å²) in [6.45, 7) is 15.6. The Kier molecular flexibility index (Phi) is 16.9. The van der Waals surface area contributed by atoms with Crippen molar-refractivity contribution in [3.8, 4) is 11.4 Å². The highest BCUT2D eigenvalue weighted by molar-refractivity contribution is 7.92. The monoisotopic (exact) mass is 1100 g/mol. The molecular formula is C55H72N16O7S. The van der Waals surface area contributed by atoms with Crippen molar-refractivity contribution in [2.45, 2.75) is 121 Å². The maximum absolute atomic E-state index is 14.9. The summed E-state index contributed by atoms with van der Waals surface area (Å²) < 4.78 is 34.9. The number of carbonyl (C=O) groups is 4. The molecule has 420 valence electrons. The van der Waals surface area contributed by atoms with Crippen molar-refractivity contribution in [2.75, 3.05) is 68.5 Å². The molecule has 79 heavy (non-hydrogen) atoms. The lowest BCUT2D eigenvalue weighted by atomic mass is 9.83. The van der Waals surface area contributed by atoms with Gasteiger partial charge in [0.05, 0.1) is 33.3 Å². The van der Waals surface area contributed by atoms with E-state index in [9.17, 15) is 27.6 Å². The predicted octanol–water partition coefficient (Wildman–Crippen LogP) is 4.78. The molecule has 6 aromatic rings. The van der Waals surface area contributed by atoms with Gasteiger partial charge in [0.15, 0.2) is 15.7 Å². The van der Waals surface area contributed by atoms with Crippen molar-refractivity contribution < 1.29 is 32.3 Å². The molecule has 0 bridgehead atoms. The van der Waals surface area contributed by atoms with Gasteiger partial charge in [0, 0.05) is 86.5 Å². The second kappa shape index (κ2) is 23.8. The molecular weight excluding hydrogens is 1030 g/mol. The molecule has 2 aliphatic heterocycles. The molecule has 3 fully saturated rings. The Morgan fingerprint density at radius 3 is 2.29 bits per heavy atom. The Balaban J connectivity index is 0.841. The van der Waals surface area contributed by atoms with Crippen LogP contribution in [0.4, 0.5) is 23.4 Å². The molecule has 1 saturated carbocycles. The minimum absolute atomic E-state index is 0.0359. The number of hydrogen-bond donors (Lipinski definition) is 6. The number of benzene rings is 2. The summed E-state index contributed by atoms with van der Waals surface area (Å²) >= 11 is 0. The molecule has 0 unspecified atom stereocenters. The van der Waals surface area contributed by atoms with Gasteiger partial charge in [0.1, 0.15) is 47.3 Å². The Labute approximate surface area is 460 Å². The maximum Gasteiger partial charge on any atom is 0.254 e. The number of carbonyl (C=O) groups excluding carboxylic acids is 4. The smallest absolute Gasteiger partial charge is 0.254 e. The third kappa shape index (κ3) is 12.5. The molecule has 4 aromatic heterocycles. The maximum atomic E-state index is 14.9. The number of amides is 4. The molecule has 23 nitrogen and oxygen atoms in total. The van der Waals surface area contributed by atoms with Crippen molar-refractivity contribution >= 4 is 67.8 Å². The van der Waals surface area contributed by atoms with E-state index in [2.05, 4.69) is 66.7 Å². The fraction of sp³-hybridized carbons (Fsp3) is 0.491. The van der Waals surface area contributed by atoms with Gasteiger partial charge in [-0.1, -0.05) is 37.5 Å². The van der Waals surface area contributed by atoms with E-state index >= 15 is 0 Å². The number of ether oxygens (including phenoxy) is 1. The van der Waals surface area contributed by atoms with Crippen LogP contribution in [0, 0.1) is 26.7 Å². The molecule has 0 radical (unpaired) electrons. The van der Waals surface area contributed by atoms with Crippen LogP contribution in [0.25, 0.3) is 16.6 Å². The molecule has 2 saturated heterocycles.